The molecule has 0 aromatic heterocycles. The van der Waals surface area contributed by atoms with Gasteiger partial charge in [0.1, 0.15) is 0 Å². The molecule has 1 rings (SSSR count). The summed E-state index contributed by atoms with van der Waals surface area (Å²) in [4.78, 5) is 4.31. The van der Waals surface area contributed by atoms with Crippen LogP contribution in [0.3, 0.4) is 0 Å². The summed E-state index contributed by atoms with van der Waals surface area (Å²) in [6, 6.07) is 0. The van der Waals surface area contributed by atoms with E-state index in [1.54, 1.807) is 0 Å². The molecule has 0 radical (unpaired) electrons. The van der Waals surface area contributed by atoms with Crippen molar-refractivity contribution >= 4 is 5.84 Å². The molecule has 0 aliphatic carbocycles. The Labute approximate surface area is 74.0 Å². The molecule has 3 nitrogen and oxygen atoms in total. The largest absolute Gasteiger partial charge is 0.387 e. The topological polar surface area (TPSA) is 47.6 Å². The first-order chi connectivity index (χ1) is 5.84. The molecule has 70 valence electrons. The molecule has 0 bridgehead atoms. The van der Waals surface area contributed by atoms with Gasteiger partial charge in [-0.1, -0.05) is 6.92 Å². The van der Waals surface area contributed by atoms with Crippen LogP contribution < -0.4 is 5.73 Å². The number of nitrogens with two attached hydrogens (primary N) is 1. The predicted molar refractivity (Wildman–Crippen MR) is 50.3 cm³/mol. The van der Waals surface area contributed by atoms with E-state index in [9.17, 15) is 0 Å². The van der Waals surface area contributed by atoms with E-state index >= 15 is 0 Å². The minimum atomic E-state index is 0.477. The lowest BCUT2D eigenvalue weighted by Gasteiger charge is -2.21. The molecule has 0 spiro atoms. The molecule has 1 heterocycles. The Hall–Kier alpha value is -0.570. The second-order valence-electron chi connectivity index (χ2n) is 3.19. The molecular weight excluding hydrogens is 152 g/mol. The Morgan fingerprint density at radius 1 is 1.50 bits per heavy atom. The number of nitrogens with zero attached hydrogens (tertiary/aromatic N) is 1. The van der Waals surface area contributed by atoms with E-state index in [1.165, 1.54) is 0 Å². The Balaban J connectivity index is 2.33. The van der Waals surface area contributed by atoms with Crippen LogP contribution in [-0.2, 0) is 4.74 Å². The zero-order chi connectivity index (χ0) is 8.81. The lowest BCUT2D eigenvalue weighted by molar-refractivity contribution is 0.0825. The van der Waals surface area contributed by atoms with Crippen LogP contribution in [0.15, 0.2) is 4.99 Å². The molecule has 0 saturated carbocycles. The number of aliphatic imine (C=N–C) groups is 1. The van der Waals surface area contributed by atoms with Gasteiger partial charge in [0, 0.05) is 25.7 Å². The van der Waals surface area contributed by atoms with Crippen molar-refractivity contribution in [2.24, 2.45) is 16.6 Å². The average molecular weight is 170 g/mol. The van der Waals surface area contributed by atoms with Crippen molar-refractivity contribution in [2.45, 2.75) is 26.2 Å². The molecule has 1 aliphatic rings. The van der Waals surface area contributed by atoms with Gasteiger partial charge in [-0.2, -0.15) is 0 Å². The monoisotopic (exact) mass is 170 g/mol. The zero-order valence-corrected chi connectivity index (χ0v) is 7.75. The van der Waals surface area contributed by atoms with Crippen LogP contribution in [0.5, 0.6) is 0 Å². The maximum atomic E-state index is 5.83. The first-order valence-corrected chi connectivity index (χ1v) is 4.72. The third kappa shape index (κ3) is 2.81. The standard InChI is InChI=1S/C9H18N2O/c1-2-5-11-9(10)8-3-6-12-7-4-8/h8H,2-7H2,1H3,(H2,10,11). The van der Waals surface area contributed by atoms with Gasteiger partial charge in [-0.3, -0.25) is 4.99 Å². The summed E-state index contributed by atoms with van der Waals surface area (Å²) in [5, 5.41) is 0. The second-order valence-corrected chi connectivity index (χ2v) is 3.19. The lowest BCUT2D eigenvalue weighted by atomic mass is 9.99. The van der Waals surface area contributed by atoms with E-state index in [0.29, 0.717) is 5.92 Å². The Kier molecular flexibility index (Phi) is 4.08. The molecule has 2 N–H and O–H groups in total. The first kappa shape index (κ1) is 9.52. The summed E-state index contributed by atoms with van der Waals surface area (Å²) in [6.07, 6.45) is 3.15. The molecule has 0 unspecified atom stereocenters. The molecule has 0 amide bonds. The van der Waals surface area contributed by atoms with Gasteiger partial charge in [0.25, 0.3) is 0 Å². The minimum absolute atomic E-state index is 0.477. The van der Waals surface area contributed by atoms with Crippen molar-refractivity contribution < 1.29 is 4.74 Å². The SMILES string of the molecule is CCCN=C(N)C1CCOCC1. The zero-order valence-electron chi connectivity index (χ0n) is 7.75. The molecular formula is C9H18N2O. The highest BCUT2D eigenvalue weighted by Gasteiger charge is 2.16. The summed E-state index contributed by atoms with van der Waals surface area (Å²) in [5.41, 5.74) is 5.83. The van der Waals surface area contributed by atoms with Gasteiger partial charge in [0.2, 0.25) is 0 Å². The molecule has 0 aromatic rings. The summed E-state index contributed by atoms with van der Waals surface area (Å²) >= 11 is 0. The molecule has 0 atom stereocenters. The Morgan fingerprint density at radius 3 is 2.75 bits per heavy atom. The fraction of sp³-hybridized carbons (Fsp3) is 0.889. The minimum Gasteiger partial charge on any atom is -0.387 e. The highest BCUT2D eigenvalue weighted by atomic mass is 16.5. The maximum absolute atomic E-state index is 5.83. The van der Waals surface area contributed by atoms with E-state index < -0.39 is 0 Å². The van der Waals surface area contributed by atoms with Crippen molar-refractivity contribution in [3.63, 3.8) is 0 Å². The fourth-order valence-electron chi connectivity index (χ4n) is 1.36. The van der Waals surface area contributed by atoms with Crippen molar-refractivity contribution in [3.8, 4) is 0 Å². The smallest absolute Gasteiger partial charge is 0.0970 e. The third-order valence-electron chi connectivity index (χ3n) is 2.16. The number of hydrogen-bond acceptors (Lipinski definition) is 2. The van der Waals surface area contributed by atoms with Crippen LogP contribution >= 0.6 is 0 Å². The van der Waals surface area contributed by atoms with E-state index in [2.05, 4.69) is 11.9 Å². The molecule has 3 heteroatoms. The number of hydrogen-bond donors (Lipinski definition) is 1. The predicted octanol–water partition coefficient (Wildman–Crippen LogP) is 1.18. The van der Waals surface area contributed by atoms with Crippen LogP contribution in [-0.4, -0.2) is 25.6 Å². The molecule has 1 fully saturated rings. The summed E-state index contributed by atoms with van der Waals surface area (Å²) in [5.74, 6) is 1.31. The van der Waals surface area contributed by atoms with Crippen molar-refractivity contribution in [1.82, 2.24) is 0 Å². The number of amidine groups is 1. The van der Waals surface area contributed by atoms with Crippen molar-refractivity contribution in [2.75, 3.05) is 19.8 Å². The average Bonchev–Trinajstić information content (AvgIpc) is 2.15. The third-order valence-corrected chi connectivity index (χ3v) is 2.16. The van der Waals surface area contributed by atoms with Crippen LogP contribution in [0.2, 0.25) is 0 Å². The van der Waals surface area contributed by atoms with E-state index in [4.69, 9.17) is 10.5 Å². The number of ether oxygens (including phenoxy) is 1. The highest BCUT2D eigenvalue weighted by molar-refractivity contribution is 5.82. The van der Waals surface area contributed by atoms with Crippen LogP contribution in [0.1, 0.15) is 26.2 Å². The Morgan fingerprint density at radius 2 is 2.17 bits per heavy atom. The first-order valence-electron chi connectivity index (χ1n) is 4.72. The maximum Gasteiger partial charge on any atom is 0.0970 e. The summed E-state index contributed by atoms with van der Waals surface area (Å²) in [6.45, 7) is 4.66. The van der Waals surface area contributed by atoms with Gasteiger partial charge in [-0.15, -0.1) is 0 Å². The molecule has 1 saturated heterocycles. The van der Waals surface area contributed by atoms with Gasteiger partial charge in [0.15, 0.2) is 0 Å². The van der Waals surface area contributed by atoms with Crippen molar-refractivity contribution in [1.29, 1.82) is 0 Å². The normalized spacial score (nSPS) is 21.2. The van der Waals surface area contributed by atoms with E-state index in [0.717, 1.165) is 44.9 Å². The van der Waals surface area contributed by atoms with Gasteiger partial charge in [-0.25, -0.2) is 0 Å². The quantitative estimate of drug-likeness (QED) is 0.510. The highest BCUT2D eigenvalue weighted by Crippen LogP contribution is 2.14. The van der Waals surface area contributed by atoms with Gasteiger partial charge < -0.3 is 10.5 Å². The molecule has 0 aromatic carbocycles. The number of rotatable bonds is 3. The van der Waals surface area contributed by atoms with Crippen LogP contribution in [0, 0.1) is 5.92 Å². The Bertz CT molecular complexity index is 151. The summed E-state index contributed by atoms with van der Waals surface area (Å²) < 4.78 is 5.24. The van der Waals surface area contributed by atoms with Crippen LogP contribution in [0.25, 0.3) is 0 Å². The van der Waals surface area contributed by atoms with Gasteiger partial charge in [0.05, 0.1) is 5.84 Å². The van der Waals surface area contributed by atoms with E-state index in [-0.39, 0.29) is 0 Å². The van der Waals surface area contributed by atoms with E-state index in [1.807, 2.05) is 0 Å². The molecule has 12 heavy (non-hydrogen) atoms. The summed E-state index contributed by atoms with van der Waals surface area (Å²) in [7, 11) is 0. The fourth-order valence-corrected chi connectivity index (χ4v) is 1.36. The van der Waals surface area contributed by atoms with Crippen LogP contribution in [0.4, 0.5) is 0 Å². The van der Waals surface area contributed by atoms with Gasteiger partial charge in [-0.05, 0) is 19.3 Å². The van der Waals surface area contributed by atoms with Crippen molar-refractivity contribution in [3.05, 3.63) is 0 Å². The molecule has 1 aliphatic heterocycles. The second kappa shape index (κ2) is 5.14. The van der Waals surface area contributed by atoms with Gasteiger partial charge >= 0.3 is 0 Å². The lowest BCUT2D eigenvalue weighted by Crippen LogP contribution is -2.29.